The largest absolute Gasteiger partial charge is 0.325 e. The monoisotopic (exact) mass is 469 g/mol. The lowest BCUT2D eigenvalue weighted by Crippen LogP contribution is -2.37. The Hall–Kier alpha value is -3.77. The van der Waals surface area contributed by atoms with Crippen molar-refractivity contribution in [2.75, 3.05) is 5.32 Å². The van der Waals surface area contributed by atoms with Crippen LogP contribution in [0.2, 0.25) is 0 Å². The number of nitrogens with one attached hydrogen (secondary N) is 1. The second kappa shape index (κ2) is 8.88. The molecule has 1 N–H and O–H groups in total. The average Bonchev–Trinajstić information content (AvgIpc) is 3.50. The molecule has 1 amide bonds. The summed E-state index contributed by atoms with van der Waals surface area (Å²) < 4.78 is 15.2. The molecule has 2 heterocycles. The Morgan fingerprint density at radius 3 is 2.47 bits per heavy atom. The first-order valence-electron chi connectivity index (χ1n) is 11.1. The highest BCUT2D eigenvalue weighted by Crippen LogP contribution is 2.42. The van der Waals surface area contributed by atoms with Crippen molar-refractivity contribution in [2.24, 2.45) is 5.41 Å². The Kier molecular flexibility index (Phi) is 5.75. The number of thiophene rings is 1. The van der Waals surface area contributed by atoms with Gasteiger partial charge in [0.2, 0.25) is 5.91 Å². The summed E-state index contributed by atoms with van der Waals surface area (Å²) in [6.45, 7) is 3.97. The molecule has 0 aliphatic heterocycles. The van der Waals surface area contributed by atoms with Gasteiger partial charge in [-0.2, -0.15) is 16.4 Å². The number of hydrogen-bond acceptors (Lipinski definition) is 3. The number of fused-ring (bicyclic) bond motifs is 1. The fourth-order valence-corrected chi connectivity index (χ4v) is 5.04. The van der Waals surface area contributed by atoms with E-state index in [1.807, 2.05) is 61.1 Å². The molecular weight excluding hydrogens is 445 g/mol. The lowest BCUT2D eigenvalue weighted by atomic mass is 9.70. The lowest BCUT2D eigenvalue weighted by molar-refractivity contribution is -0.124. The van der Waals surface area contributed by atoms with Crippen molar-refractivity contribution in [3.63, 3.8) is 0 Å². The van der Waals surface area contributed by atoms with Crippen LogP contribution in [0.5, 0.6) is 0 Å². The summed E-state index contributed by atoms with van der Waals surface area (Å²) in [4.78, 5) is 13.4. The molecule has 5 aromatic rings. The molecule has 3 aromatic carbocycles. The van der Waals surface area contributed by atoms with E-state index in [0.29, 0.717) is 0 Å². The van der Waals surface area contributed by atoms with Gasteiger partial charge in [-0.15, -0.1) is 0 Å². The first-order chi connectivity index (χ1) is 16.4. The first kappa shape index (κ1) is 22.0. The van der Waals surface area contributed by atoms with Crippen molar-refractivity contribution < 1.29 is 9.18 Å². The maximum atomic E-state index is 13.4. The van der Waals surface area contributed by atoms with Crippen LogP contribution < -0.4 is 5.32 Å². The molecule has 170 valence electrons. The van der Waals surface area contributed by atoms with Gasteiger partial charge in [0.05, 0.1) is 28.5 Å². The Morgan fingerprint density at radius 1 is 1.00 bits per heavy atom. The molecule has 0 saturated carbocycles. The summed E-state index contributed by atoms with van der Waals surface area (Å²) in [6.07, 6.45) is 1.81. The van der Waals surface area contributed by atoms with E-state index < -0.39 is 5.41 Å². The predicted octanol–water partition coefficient (Wildman–Crippen LogP) is 7.02. The molecule has 6 heteroatoms. The normalized spacial score (nSPS) is 12.6. The Bertz CT molecular complexity index is 1420. The van der Waals surface area contributed by atoms with E-state index >= 15 is 0 Å². The topological polar surface area (TPSA) is 46.9 Å². The van der Waals surface area contributed by atoms with E-state index in [9.17, 15) is 9.18 Å². The molecule has 0 spiro atoms. The van der Waals surface area contributed by atoms with Gasteiger partial charge in [-0.25, -0.2) is 9.07 Å². The molecule has 0 saturated heterocycles. The highest BCUT2D eigenvalue weighted by atomic mass is 32.1. The molecule has 5 rings (SSSR count). The quantitative estimate of drug-likeness (QED) is 0.290. The molecule has 0 aliphatic carbocycles. The Labute approximate surface area is 201 Å². The minimum atomic E-state index is -0.732. The van der Waals surface area contributed by atoms with Crippen LogP contribution in [0.25, 0.3) is 16.6 Å². The zero-order chi connectivity index (χ0) is 23.7. The maximum Gasteiger partial charge on any atom is 0.231 e. The van der Waals surface area contributed by atoms with Crippen LogP contribution in [-0.2, 0) is 4.79 Å². The zero-order valence-corrected chi connectivity index (χ0v) is 19.7. The van der Waals surface area contributed by atoms with Crippen LogP contribution in [0.15, 0.2) is 95.8 Å². The van der Waals surface area contributed by atoms with Crippen molar-refractivity contribution in [3.8, 4) is 5.69 Å². The highest BCUT2D eigenvalue weighted by molar-refractivity contribution is 7.08. The summed E-state index contributed by atoms with van der Waals surface area (Å²) in [5.74, 6) is -0.496. The van der Waals surface area contributed by atoms with Gasteiger partial charge in [-0.3, -0.25) is 4.79 Å². The second-order valence-electron chi connectivity index (χ2n) is 8.88. The zero-order valence-electron chi connectivity index (χ0n) is 18.9. The Balaban J connectivity index is 1.57. The number of amides is 1. The minimum absolute atomic E-state index is 0.0399. The number of benzene rings is 3. The number of hydrogen-bond donors (Lipinski definition) is 1. The molecule has 1 unspecified atom stereocenters. The molecule has 1 atom stereocenters. The van der Waals surface area contributed by atoms with E-state index in [1.54, 1.807) is 28.2 Å². The molecule has 4 nitrogen and oxygen atoms in total. The van der Waals surface area contributed by atoms with Crippen molar-refractivity contribution >= 4 is 33.8 Å². The third-order valence-corrected chi connectivity index (χ3v) is 6.90. The van der Waals surface area contributed by atoms with Crippen LogP contribution in [0.4, 0.5) is 10.1 Å². The van der Waals surface area contributed by atoms with Gasteiger partial charge >= 0.3 is 0 Å². The first-order valence-corrected chi connectivity index (χ1v) is 12.0. The third kappa shape index (κ3) is 4.13. The minimum Gasteiger partial charge on any atom is -0.325 e. The molecule has 0 fully saturated rings. The third-order valence-electron chi connectivity index (χ3n) is 6.22. The molecule has 34 heavy (non-hydrogen) atoms. The fourth-order valence-electron chi connectivity index (χ4n) is 4.45. The second-order valence-corrected chi connectivity index (χ2v) is 9.66. The van der Waals surface area contributed by atoms with Gasteiger partial charge in [0.25, 0.3) is 0 Å². The number of carbonyl (C=O) groups is 1. The van der Waals surface area contributed by atoms with Gasteiger partial charge in [-0.1, -0.05) is 50.2 Å². The lowest BCUT2D eigenvalue weighted by Gasteiger charge is -2.34. The fraction of sp³-hybridized carbons (Fsp3) is 0.143. The van der Waals surface area contributed by atoms with Crippen molar-refractivity contribution in [2.45, 2.75) is 19.8 Å². The van der Waals surface area contributed by atoms with Gasteiger partial charge < -0.3 is 5.32 Å². The molecular formula is C28H24FN3OS. The van der Waals surface area contributed by atoms with E-state index in [0.717, 1.165) is 33.4 Å². The van der Waals surface area contributed by atoms with Crippen LogP contribution in [0.3, 0.4) is 0 Å². The van der Waals surface area contributed by atoms with E-state index in [-0.39, 0.29) is 17.6 Å². The van der Waals surface area contributed by atoms with Gasteiger partial charge in [-0.05, 0) is 59.0 Å². The predicted molar refractivity (Wildman–Crippen MR) is 136 cm³/mol. The highest BCUT2D eigenvalue weighted by Gasteiger charge is 2.39. The number of halogens is 1. The van der Waals surface area contributed by atoms with Crippen LogP contribution in [-0.4, -0.2) is 15.7 Å². The van der Waals surface area contributed by atoms with E-state index in [1.165, 1.54) is 12.1 Å². The number of nitrogens with zero attached hydrogens (tertiary/aromatic N) is 2. The number of carbonyl (C=O) groups excluding carboxylic acids is 1. The summed E-state index contributed by atoms with van der Waals surface area (Å²) in [7, 11) is 0. The van der Waals surface area contributed by atoms with Crippen molar-refractivity contribution in [1.82, 2.24) is 9.78 Å². The summed E-state index contributed by atoms with van der Waals surface area (Å²) >= 11 is 1.55. The van der Waals surface area contributed by atoms with E-state index in [4.69, 9.17) is 0 Å². The average molecular weight is 470 g/mol. The van der Waals surface area contributed by atoms with E-state index in [2.05, 4.69) is 34.7 Å². The van der Waals surface area contributed by atoms with Gasteiger partial charge in [0.15, 0.2) is 0 Å². The van der Waals surface area contributed by atoms with Gasteiger partial charge in [0, 0.05) is 16.7 Å². The number of rotatable bonds is 6. The Morgan fingerprint density at radius 2 is 1.76 bits per heavy atom. The summed E-state index contributed by atoms with van der Waals surface area (Å²) in [5, 5.41) is 12.4. The SMILES string of the molecule is CC(C)(C(=O)Nc1ccsc1)C(c1ccccc1)c1ccc2c(cnn2-c2ccc(F)cc2)c1. The maximum absolute atomic E-state index is 13.4. The number of anilines is 1. The summed E-state index contributed by atoms with van der Waals surface area (Å²) in [6, 6.07) is 24.5. The van der Waals surface area contributed by atoms with Crippen LogP contribution >= 0.6 is 11.3 Å². The van der Waals surface area contributed by atoms with Crippen LogP contribution in [0.1, 0.15) is 30.9 Å². The molecule has 0 bridgehead atoms. The number of aromatic nitrogens is 2. The van der Waals surface area contributed by atoms with Crippen molar-refractivity contribution in [1.29, 1.82) is 0 Å². The smallest absolute Gasteiger partial charge is 0.231 e. The molecule has 0 radical (unpaired) electrons. The van der Waals surface area contributed by atoms with Gasteiger partial charge in [0.1, 0.15) is 5.82 Å². The van der Waals surface area contributed by atoms with Crippen LogP contribution in [0, 0.1) is 11.2 Å². The molecule has 0 aliphatic rings. The molecule has 2 aromatic heterocycles. The summed E-state index contributed by atoms with van der Waals surface area (Å²) in [5.41, 5.74) is 3.89. The standard InChI is InChI=1S/C28H24FN3OS/c1-28(2,27(33)31-23-14-15-34-18-23)26(19-6-4-3-5-7-19)20-8-13-25-21(16-20)17-30-32(25)24-11-9-22(29)10-12-24/h3-18,26H,1-2H3,(H,31,33). The van der Waals surface area contributed by atoms with Crippen molar-refractivity contribution in [3.05, 3.63) is 113 Å².